The van der Waals surface area contributed by atoms with Crippen LogP contribution < -0.4 is 0 Å². The van der Waals surface area contributed by atoms with Crippen molar-refractivity contribution in [3.05, 3.63) is 18.0 Å². The van der Waals surface area contributed by atoms with Crippen LogP contribution in [0.5, 0.6) is 0 Å². The SMILES string of the molecule is OCCOCCN1CCN(Cc2ccon2)CC1. The number of aliphatic hydroxyl groups is 1. The standard InChI is InChI=1S/C12H21N3O3/c16-7-10-17-9-6-14-2-4-15(5-3-14)11-12-1-8-18-13-12/h1,8,16H,2-7,9-11H2. The van der Waals surface area contributed by atoms with Crippen LogP contribution in [0.4, 0.5) is 0 Å². The Hall–Kier alpha value is -0.950. The van der Waals surface area contributed by atoms with E-state index in [1.54, 1.807) is 6.26 Å². The molecular weight excluding hydrogens is 234 g/mol. The van der Waals surface area contributed by atoms with Gasteiger partial charge in [-0.3, -0.25) is 9.80 Å². The normalized spacial score (nSPS) is 18.3. The second kappa shape index (κ2) is 7.48. The summed E-state index contributed by atoms with van der Waals surface area (Å²) in [6.45, 7) is 7.25. The Kier molecular flexibility index (Phi) is 5.60. The van der Waals surface area contributed by atoms with Gasteiger partial charge in [0.25, 0.3) is 0 Å². The molecule has 1 aliphatic rings. The predicted molar refractivity (Wildman–Crippen MR) is 66.1 cm³/mol. The average Bonchev–Trinajstić information content (AvgIpc) is 2.89. The molecule has 0 spiro atoms. The number of ether oxygens (including phenoxy) is 1. The van der Waals surface area contributed by atoms with E-state index in [1.807, 2.05) is 6.07 Å². The molecule has 0 bridgehead atoms. The molecule has 102 valence electrons. The minimum absolute atomic E-state index is 0.103. The van der Waals surface area contributed by atoms with Gasteiger partial charge in [-0.05, 0) is 0 Å². The summed E-state index contributed by atoms with van der Waals surface area (Å²) in [5.74, 6) is 0. The van der Waals surface area contributed by atoms with Crippen molar-refractivity contribution < 1.29 is 14.4 Å². The number of rotatable bonds is 7. The van der Waals surface area contributed by atoms with Crippen LogP contribution in [-0.4, -0.2) is 72.6 Å². The van der Waals surface area contributed by atoms with Gasteiger partial charge in [-0.15, -0.1) is 0 Å². The Morgan fingerprint density at radius 1 is 1.22 bits per heavy atom. The molecule has 0 amide bonds. The molecule has 1 aromatic heterocycles. The van der Waals surface area contributed by atoms with Gasteiger partial charge >= 0.3 is 0 Å². The highest BCUT2D eigenvalue weighted by molar-refractivity contribution is 4.95. The Labute approximate surface area is 107 Å². The molecule has 1 aliphatic heterocycles. The summed E-state index contributed by atoms with van der Waals surface area (Å²) in [5, 5.41) is 12.5. The molecule has 18 heavy (non-hydrogen) atoms. The van der Waals surface area contributed by atoms with E-state index in [1.165, 1.54) is 0 Å². The highest BCUT2D eigenvalue weighted by Gasteiger charge is 2.17. The highest BCUT2D eigenvalue weighted by Crippen LogP contribution is 2.06. The molecule has 0 aliphatic carbocycles. The van der Waals surface area contributed by atoms with Crippen molar-refractivity contribution in [2.24, 2.45) is 0 Å². The number of hydrogen-bond acceptors (Lipinski definition) is 6. The van der Waals surface area contributed by atoms with Crippen LogP contribution in [0.2, 0.25) is 0 Å². The smallest absolute Gasteiger partial charge is 0.124 e. The summed E-state index contributed by atoms with van der Waals surface area (Å²) in [4.78, 5) is 4.76. The topological polar surface area (TPSA) is 62.0 Å². The molecule has 0 radical (unpaired) electrons. The number of aliphatic hydroxyl groups excluding tert-OH is 1. The van der Waals surface area contributed by atoms with Crippen LogP contribution in [0.1, 0.15) is 5.69 Å². The summed E-state index contributed by atoms with van der Waals surface area (Å²) in [7, 11) is 0. The van der Waals surface area contributed by atoms with Crippen molar-refractivity contribution in [2.45, 2.75) is 6.54 Å². The summed E-state index contributed by atoms with van der Waals surface area (Å²) in [5.41, 5.74) is 0.995. The second-order valence-corrected chi connectivity index (χ2v) is 4.44. The zero-order valence-electron chi connectivity index (χ0n) is 10.6. The first-order valence-electron chi connectivity index (χ1n) is 6.41. The molecule has 0 saturated carbocycles. The first kappa shape index (κ1) is 13.5. The van der Waals surface area contributed by atoms with Gasteiger partial charge in [0, 0.05) is 45.3 Å². The highest BCUT2D eigenvalue weighted by atomic mass is 16.5. The first-order valence-corrected chi connectivity index (χ1v) is 6.41. The molecule has 0 atom stereocenters. The van der Waals surface area contributed by atoms with Crippen molar-refractivity contribution in [1.29, 1.82) is 0 Å². The molecule has 2 rings (SSSR count). The largest absolute Gasteiger partial charge is 0.394 e. The third kappa shape index (κ3) is 4.38. The lowest BCUT2D eigenvalue weighted by atomic mass is 10.3. The molecule has 1 N–H and O–H groups in total. The van der Waals surface area contributed by atoms with Crippen LogP contribution in [0, 0.1) is 0 Å². The first-order chi connectivity index (χ1) is 8.88. The number of piperazine rings is 1. The van der Waals surface area contributed by atoms with Crippen LogP contribution in [-0.2, 0) is 11.3 Å². The van der Waals surface area contributed by atoms with Gasteiger partial charge < -0.3 is 14.4 Å². The molecule has 6 heteroatoms. The number of aromatic nitrogens is 1. The predicted octanol–water partition coefficient (Wildman–Crippen LogP) is -0.199. The van der Waals surface area contributed by atoms with E-state index in [-0.39, 0.29) is 6.61 Å². The Morgan fingerprint density at radius 3 is 2.67 bits per heavy atom. The second-order valence-electron chi connectivity index (χ2n) is 4.44. The van der Waals surface area contributed by atoms with Gasteiger partial charge in [-0.2, -0.15) is 0 Å². The molecule has 2 heterocycles. The lowest BCUT2D eigenvalue weighted by Crippen LogP contribution is -2.46. The van der Waals surface area contributed by atoms with Crippen molar-refractivity contribution in [1.82, 2.24) is 15.0 Å². The zero-order chi connectivity index (χ0) is 12.6. The molecule has 0 unspecified atom stereocenters. The quantitative estimate of drug-likeness (QED) is 0.681. The Morgan fingerprint density at radius 2 is 2.00 bits per heavy atom. The van der Waals surface area contributed by atoms with Gasteiger partial charge in [-0.25, -0.2) is 0 Å². The van der Waals surface area contributed by atoms with Crippen molar-refractivity contribution in [3.8, 4) is 0 Å². The molecule has 6 nitrogen and oxygen atoms in total. The molecule has 0 aromatic carbocycles. The number of nitrogens with zero attached hydrogens (tertiary/aromatic N) is 3. The third-order valence-electron chi connectivity index (χ3n) is 3.13. The summed E-state index contributed by atoms with van der Waals surface area (Å²) in [6.07, 6.45) is 1.62. The van der Waals surface area contributed by atoms with Gasteiger partial charge in [-0.1, -0.05) is 5.16 Å². The van der Waals surface area contributed by atoms with Crippen molar-refractivity contribution in [2.75, 3.05) is 52.5 Å². The monoisotopic (exact) mass is 255 g/mol. The van der Waals surface area contributed by atoms with Crippen molar-refractivity contribution >= 4 is 0 Å². The van der Waals surface area contributed by atoms with E-state index in [0.717, 1.165) is 45.0 Å². The molecule has 1 fully saturated rings. The van der Waals surface area contributed by atoms with E-state index in [0.29, 0.717) is 13.2 Å². The Bertz CT molecular complexity index is 310. The fraction of sp³-hybridized carbons (Fsp3) is 0.750. The molecule has 1 saturated heterocycles. The fourth-order valence-electron chi connectivity index (χ4n) is 2.08. The molecule has 1 aromatic rings. The van der Waals surface area contributed by atoms with Gasteiger partial charge in [0.15, 0.2) is 0 Å². The summed E-state index contributed by atoms with van der Waals surface area (Å²) >= 11 is 0. The number of hydrogen-bond donors (Lipinski definition) is 1. The van der Waals surface area contributed by atoms with Gasteiger partial charge in [0.1, 0.15) is 6.26 Å². The third-order valence-corrected chi connectivity index (χ3v) is 3.13. The minimum atomic E-state index is 0.103. The summed E-state index contributed by atoms with van der Waals surface area (Å²) in [6, 6.07) is 1.91. The van der Waals surface area contributed by atoms with Gasteiger partial charge in [0.2, 0.25) is 0 Å². The molecular formula is C12H21N3O3. The Balaban J connectivity index is 1.59. The van der Waals surface area contributed by atoms with E-state index in [4.69, 9.17) is 14.4 Å². The van der Waals surface area contributed by atoms with Crippen LogP contribution in [0.25, 0.3) is 0 Å². The van der Waals surface area contributed by atoms with Crippen LogP contribution in [0.15, 0.2) is 16.9 Å². The fourth-order valence-corrected chi connectivity index (χ4v) is 2.08. The average molecular weight is 255 g/mol. The van der Waals surface area contributed by atoms with Crippen LogP contribution in [0.3, 0.4) is 0 Å². The maximum absolute atomic E-state index is 8.60. The lowest BCUT2D eigenvalue weighted by Gasteiger charge is -2.34. The van der Waals surface area contributed by atoms with Crippen molar-refractivity contribution in [3.63, 3.8) is 0 Å². The maximum atomic E-state index is 8.60. The van der Waals surface area contributed by atoms with Crippen LogP contribution >= 0.6 is 0 Å². The van der Waals surface area contributed by atoms with E-state index < -0.39 is 0 Å². The lowest BCUT2D eigenvalue weighted by molar-refractivity contribution is 0.0560. The van der Waals surface area contributed by atoms with E-state index >= 15 is 0 Å². The van der Waals surface area contributed by atoms with E-state index in [9.17, 15) is 0 Å². The minimum Gasteiger partial charge on any atom is -0.394 e. The maximum Gasteiger partial charge on any atom is 0.124 e. The summed E-state index contributed by atoms with van der Waals surface area (Å²) < 4.78 is 10.1. The van der Waals surface area contributed by atoms with Gasteiger partial charge in [0.05, 0.1) is 25.5 Å². The van der Waals surface area contributed by atoms with E-state index in [2.05, 4.69) is 15.0 Å². The zero-order valence-corrected chi connectivity index (χ0v) is 10.6.